The van der Waals surface area contributed by atoms with E-state index in [9.17, 15) is 0 Å². The smallest absolute Gasteiger partial charge is 0.0669 e. The van der Waals surface area contributed by atoms with Crippen molar-refractivity contribution in [2.75, 3.05) is 9.80 Å². The summed E-state index contributed by atoms with van der Waals surface area (Å²) in [7, 11) is 0. The first-order chi connectivity index (χ1) is 29.4. The summed E-state index contributed by atoms with van der Waals surface area (Å²) in [6.07, 6.45) is 0. The van der Waals surface area contributed by atoms with Crippen LogP contribution in [0.5, 0.6) is 0 Å². The second kappa shape index (κ2) is 13.4. The summed E-state index contributed by atoms with van der Waals surface area (Å²) >= 11 is 3.80. The van der Waals surface area contributed by atoms with Gasteiger partial charge < -0.3 is 9.80 Å². The minimum atomic E-state index is 1.19. The number of fused-ring (bicyclic) bond motifs is 6. The van der Waals surface area contributed by atoms with Crippen LogP contribution in [0.3, 0.4) is 0 Å². The number of para-hydroxylation sites is 2. The third-order valence-electron chi connectivity index (χ3n) is 12.7. The fourth-order valence-electron chi connectivity index (χ4n) is 9.83. The van der Waals surface area contributed by atoms with Gasteiger partial charge in [0.2, 0.25) is 0 Å². The zero-order valence-electron chi connectivity index (χ0n) is 33.9. The Hall–Kier alpha value is -6.72. The molecule has 0 bridgehead atoms. The third-order valence-corrected chi connectivity index (χ3v) is 15.1. The van der Waals surface area contributed by atoms with E-state index < -0.39 is 0 Å². The molecule has 0 aliphatic heterocycles. The summed E-state index contributed by atoms with van der Waals surface area (Å²) in [5.41, 5.74) is 12.2. The van der Waals surface area contributed by atoms with Gasteiger partial charge in [-0.15, -0.1) is 22.7 Å². The molecule has 0 aliphatic carbocycles. The number of anilines is 6. The van der Waals surface area contributed by atoms with Gasteiger partial charge in [0.25, 0.3) is 0 Å². The molecule has 0 unspecified atom stereocenters. The number of benzene rings is 10. The Balaban J connectivity index is 1.16. The molecule has 0 saturated heterocycles. The lowest BCUT2D eigenvalue weighted by Crippen LogP contribution is -2.14. The van der Waals surface area contributed by atoms with Crippen molar-refractivity contribution >= 4 is 129 Å². The van der Waals surface area contributed by atoms with Crippen molar-refractivity contribution in [3.05, 3.63) is 192 Å². The summed E-state index contributed by atoms with van der Waals surface area (Å²) < 4.78 is 5.25. The number of aryl methyl sites for hydroxylation is 4. The second-order valence-corrected chi connectivity index (χ2v) is 18.4. The lowest BCUT2D eigenvalue weighted by Gasteiger charge is -2.32. The predicted molar refractivity (Wildman–Crippen MR) is 264 cm³/mol. The number of rotatable bonds is 6. The summed E-state index contributed by atoms with van der Waals surface area (Å²) in [5, 5.41) is 12.8. The van der Waals surface area contributed by atoms with Crippen LogP contribution in [-0.4, -0.2) is 0 Å². The molecule has 0 amide bonds. The maximum atomic E-state index is 2.56. The summed E-state index contributed by atoms with van der Waals surface area (Å²) in [6.45, 7) is 9.02. The summed E-state index contributed by atoms with van der Waals surface area (Å²) in [6, 6.07) is 63.4. The van der Waals surface area contributed by atoms with Crippen molar-refractivity contribution < 1.29 is 0 Å². The largest absolute Gasteiger partial charge is 0.308 e. The van der Waals surface area contributed by atoms with E-state index in [1.807, 2.05) is 22.7 Å². The van der Waals surface area contributed by atoms with E-state index in [1.54, 1.807) is 0 Å². The maximum absolute atomic E-state index is 2.56. The van der Waals surface area contributed by atoms with Gasteiger partial charge in [0.15, 0.2) is 0 Å². The number of nitrogens with zero attached hydrogens (tertiary/aromatic N) is 2. The van der Waals surface area contributed by atoms with Gasteiger partial charge in [0, 0.05) is 53.1 Å². The van der Waals surface area contributed by atoms with Crippen LogP contribution in [0.1, 0.15) is 22.3 Å². The van der Waals surface area contributed by atoms with Crippen molar-refractivity contribution in [1.82, 2.24) is 0 Å². The van der Waals surface area contributed by atoms with E-state index in [0.29, 0.717) is 0 Å². The van der Waals surface area contributed by atoms with E-state index in [2.05, 4.69) is 207 Å². The Labute approximate surface area is 357 Å². The van der Waals surface area contributed by atoms with Crippen molar-refractivity contribution in [2.45, 2.75) is 27.7 Å². The lowest BCUT2D eigenvalue weighted by molar-refractivity contribution is 1.25. The van der Waals surface area contributed by atoms with Crippen molar-refractivity contribution in [3.63, 3.8) is 0 Å². The Kier molecular flexibility index (Phi) is 7.87. The van der Waals surface area contributed by atoms with Crippen molar-refractivity contribution in [2.24, 2.45) is 0 Å². The van der Waals surface area contributed by atoms with E-state index >= 15 is 0 Å². The van der Waals surface area contributed by atoms with Gasteiger partial charge >= 0.3 is 0 Å². The molecule has 0 aliphatic rings. The highest BCUT2D eigenvalue weighted by atomic mass is 32.1. The topological polar surface area (TPSA) is 6.48 Å². The number of hydrogen-bond donors (Lipinski definition) is 0. The summed E-state index contributed by atoms with van der Waals surface area (Å²) in [4.78, 5) is 5.11. The highest BCUT2D eigenvalue weighted by Gasteiger charge is 2.27. The number of hydrogen-bond acceptors (Lipinski definition) is 4. The highest BCUT2D eigenvalue weighted by molar-refractivity contribution is 7.26. The van der Waals surface area contributed by atoms with Gasteiger partial charge in [-0.1, -0.05) is 133 Å². The second-order valence-electron chi connectivity index (χ2n) is 16.2. The molecule has 4 heteroatoms. The number of thiophene rings is 2. The molecule has 286 valence electrons. The molecule has 10 aromatic carbocycles. The first kappa shape index (κ1) is 35.2. The molecule has 0 N–H and O–H groups in total. The fraction of sp³-hybridized carbons (Fsp3) is 0.0714. The Morgan fingerprint density at radius 1 is 0.300 bits per heavy atom. The zero-order chi connectivity index (χ0) is 40.2. The standard InChI is InChI=1S/C56H40N2S2/c1-33-13-5-9-17-45(33)57(53-35(3)21-27-41-39-15-7-11-19-49(39)59-55(41)53)47-31-25-37-24-30-44-48(32-26-38-23-29-43(47)51(37)52(38)44)58(46-18-10-6-14-34(46)2)54-36(4)22-28-42-40-16-8-12-20-50(40)60-56(42)54/h5-32H,1-4H3. The van der Waals surface area contributed by atoms with Crippen LogP contribution < -0.4 is 9.80 Å². The van der Waals surface area contributed by atoms with E-state index in [1.165, 1.54) is 129 Å². The van der Waals surface area contributed by atoms with Gasteiger partial charge in [-0.25, -0.2) is 0 Å². The Morgan fingerprint density at radius 2 is 0.683 bits per heavy atom. The first-order valence-corrected chi connectivity index (χ1v) is 22.3. The average molecular weight is 805 g/mol. The van der Waals surface area contributed by atoms with Crippen LogP contribution in [0.2, 0.25) is 0 Å². The minimum Gasteiger partial charge on any atom is -0.308 e. The monoisotopic (exact) mass is 804 g/mol. The molecule has 2 heterocycles. The maximum Gasteiger partial charge on any atom is 0.0669 e. The average Bonchev–Trinajstić information content (AvgIpc) is 3.84. The lowest BCUT2D eigenvalue weighted by atomic mass is 9.91. The Morgan fingerprint density at radius 3 is 1.13 bits per heavy atom. The Bertz CT molecular complexity index is 3440. The summed E-state index contributed by atoms with van der Waals surface area (Å²) in [5.74, 6) is 0. The first-order valence-electron chi connectivity index (χ1n) is 20.7. The van der Waals surface area contributed by atoms with Gasteiger partial charge in [-0.3, -0.25) is 0 Å². The van der Waals surface area contributed by atoms with E-state index in [4.69, 9.17) is 0 Å². The molecular formula is C56H40N2S2. The van der Waals surface area contributed by atoms with Crippen molar-refractivity contribution in [3.8, 4) is 0 Å². The van der Waals surface area contributed by atoms with E-state index in [0.717, 1.165) is 0 Å². The van der Waals surface area contributed by atoms with Gasteiger partial charge in [-0.2, -0.15) is 0 Å². The van der Waals surface area contributed by atoms with E-state index in [-0.39, 0.29) is 0 Å². The van der Waals surface area contributed by atoms with Gasteiger partial charge in [0.05, 0.1) is 32.1 Å². The fourth-order valence-corrected chi connectivity index (χ4v) is 12.4. The quantitative estimate of drug-likeness (QED) is 0.155. The zero-order valence-corrected chi connectivity index (χ0v) is 35.5. The molecule has 60 heavy (non-hydrogen) atoms. The molecule has 12 rings (SSSR count). The molecule has 0 atom stereocenters. The molecule has 2 aromatic heterocycles. The molecule has 0 spiro atoms. The van der Waals surface area contributed by atoms with Gasteiger partial charge in [0.1, 0.15) is 0 Å². The van der Waals surface area contributed by atoms with Crippen LogP contribution >= 0.6 is 22.7 Å². The predicted octanol–water partition coefficient (Wildman–Crippen LogP) is 17.5. The molecule has 0 fully saturated rings. The molecule has 12 aromatic rings. The third kappa shape index (κ3) is 5.11. The van der Waals surface area contributed by atoms with Gasteiger partial charge in [-0.05, 0) is 108 Å². The molecule has 2 nitrogen and oxygen atoms in total. The minimum absolute atomic E-state index is 1.19. The van der Waals surface area contributed by atoms with Crippen molar-refractivity contribution in [1.29, 1.82) is 0 Å². The molecule has 0 radical (unpaired) electrons. The van der Waals surface area contributed by atoms with Crippen LogP contribution in [-0.2, 0) is 0 Å². The molecular weight excluding hydrogens is 765 g/mol. The van der Waals surface area contributed by atoms with Crippen LogP contribution in [0.4, 0.5) is 34.1 Å². The SMILES string of the molecule is Cc1ccccc1N(c1ccc2ccc3c(N(c4ccccc4C)c4c(C)ccc5c4sc4ccccc45)ccc4ccc1c2c43)c1c(C)ccc2c1sc1ccccc12. The normalized spacial score (nSPS) is 12.0. The van der Waals surface area contributed by atoms with Crippen LogP contribution in [0.25, 0.3) is 72.7 Å². The molecule has 0 saturated carbocycles. The van der Waals surface area contributed by atoms with Crippen LogP contribution in [0.15, 0.2) is 170 Å². The highest BCUT2D eigenvalue weighted by Crippen LogP contribution is 2.53. The van der Waals surface area contributed by atoms with Crippen LogP contribution in [0, 0.1) is 27.7 Å².